The van der Waals surface area contributed by atoms with E-state index in [1.54, 1.807) is 16.9 Å². The summed E-state index contributed by atoms with van der Waals surface area (Å²) in [7, 11) is -0.774. The van der Waals surface area contributed by atoms with Crippen molar-refractivity contribution in [1.82, 2.24) is 29.0 Å². The number of aromatic amines is 1. The molecule has 0 unspecified atom stereocenters. The molecule has 3 heterocycles. The SMILES string of the molecule is CCCOc1ccc(S(=O)(=O)N(C)C)cc1-c1nc2c(CCC)n(Cc3ccccn3)nc2c(=O)[nH]1. The average Bonchev–Trinajstić information content (AvgIpc) is 3.20. The molecule has 11 heteroatoms. The number of hydrogen-bond donors (Lipinski definition) is 1. The molecule has 0 aliphatic carbocycles. The Kier molecular flexibility index (Phi) is 7.51. The van der Waals surface area contributed by atoms with Gasteiger partial charge in [0.15, 0.2) is 5.52 Å². The molecule has 0 bridgehead atoms. The summed E-state index contributed by atoms with van der Waals surface area (Å²) in [5.74, 6) is 0.666. The molecule has 10 nitrogen and oxygen atoms in total. The molecule has 0 fully saturated rings. The van der Waals surface area contributed by atoms with Crippen molar-refractivity contribution in [2.75, 3.05) is 20.7 Å². The monoisotopic (exact) mass is 510 g/mol. The molecule has 0 amide bonds. The highest BCUT2D eigenvalue weighted by molar-refractivity contribution is 7.89. The molecule has 0 radical (unpaired) electrons. The molecule has 190 valence electrons. The number of benzene rings is 1. The first-order valence-electron chi connectivity index (χ1n) is 11.9. The summed E-state index contributed by atoms with van der Waals surface area (Å²) < 4.78 is 34.4. The number of nitrogens with one attached hydrogen (secondary N) is 1. The van der Waals surface area contributed by atoms with Crippen LogP contribution in [0.15, 0.2) is 52.3 Å². The number of fused-ring (bicyclic) bond motifs is 1. The fourth-order valence-corrected chi connectivity index (χ4v) is 4.78. The summed E-state index contributed by atoms with van der Waals surface area (Å²) in [5.41, 5.74) is 2.33. The zero-order chi connectivity index (χ0) is 25.9. The van der Waals surface area contributed by atoms with Crippen molar-refractivity contribution in [2.45, 2.75) is 44.6 Å². The second kappa shape index (κ2) is 10.6. The second-order valence-electron chi connectivity index (χ2n) is 8.58. The minimum atomic E-state index is -3.71. The van der Waals surface area contributed by atoms with Crippen molar-refractivity contribution in [1.29, 1.82) is 0 Å². The minimum Gasteiger partial charge on any atom is -0.493 e. The maximum Gasteiger partial charge on any atom is 0.279 e. The van der Waals surface area contributed by atoms with Crippen molar-refractivity contribution in [2.24, 2.45) is 0 Å². The van der Waals surface area contributed by atoms with Gasteiger partial charge in [-0.05, 0) is 43.2 Å². The molecule has 36 heavy (non-hydrogen) atoms. The molecular formula is C25H30N6O4S. The number of ether oxygens (including phenoxy) is 1. The molecule has 4 aromatic rings. The molecule has 0 aliphatic rings. The number of aromatic nitrogens is 5. The van der Waals surface area contributed by atoms with Gasteiger partial charge in [-0.25, -0.2) is 17.7 Å². The Labute approximate surface area is 210 Å². The number of nitrogens with zero attached hydrogens (tertiary/aromatic N) is 5. The molecule has 1 N–H and O–H groups in total. The van der Waals surface area contributed by atoms with Crippen molar-refractivity contribution < 1.29 is 13.2 Å². The van der Waals surface area contributed by atoms with Crippen molar-refractivity contribution in [3.8, 4) is 17.1 Å². The van der Waals surface area contributed by atoms with Gasteiger partial charge in [0.2, 0.25) is 10.0 Å². The average molecular weight is 511 g/mol. The van der Waals surface area contributed by atoms with E-state index in [1.165, 1.54) is 26.2 Å². The lowest BCUT2D eigenvalue weighted by molar-refractivity contribution is 0.318. The van der Waals surface area contributed by atoms with E-state index in [0.29, 0.717) is 36.4 Å². The van der Waals surface area contributed by atoms with Gasteiger partial charge in [-0.3, -0.25) is 14.5 Å². The van der Waals surface area contributed by atoms with Crippen molar-refractivity contribution in [3.05, 3.63) is 64.3 Å². The summed E-state index contributed by atoms with van der Waals surface area (Å²) in [5, 5.41) is 4.55. The lowest BCUT2D eigenvalue weighted by Crippen LogP contribution is -2.22. The van der Waals surface area contributed by atoms with E-state index in [-0.39, 0.29) is 16.2 Å². The highest BCUT2D eigenvalue weighted by Crippen LogP contribution is 2.32. The van der Waals surface area contributed by atoms with Gasteiger partial charge >= 0.3 is 0 Å². The lowest BCUT2D eigenvalue weighted by Gasteiger charge is -2.15. The van der Waals surface area contributed by atoms with Crippen LogP contribution in [0.25, 0.3) is 22.4 Å². The first-order valence-corrected chi connectivity index (χ1v) is 13.3. The van der Waals surface area contributed by atoms with E-state index in [4.69, 9.17) is 9.72 Å². The van der Waals surface area contributed by atoms with E-state index < -0.39 is 15.6 Å². The van der Waals surface area contributed by atoms with Crippen LogP contribution in [0.4, 0.5) is 0 Å². The largest absolute Gasteiger partial charge is 0.493 e. The minimum absolute atomic E-state index is 0.0775. The van der Waals surface area contributed by atoms with Gasteiger partial charge in [0, 0.05) is 20.3 Å². The third kappa shape index (κ3) is 5.02. The Morgan fingerprint density at radius 2 is 1.89 bits per heavy atom. The number of rotatable bonds is 10. The number of H-pyrrole nitrogens is 1. The summed E-state index contributed by atoms with van der Waals surface area (Å²) in [6, 6.07) is 10.2. The van der Waals surface area contributed by atoms with Gasteiger partial charge in [-0.1, -0.05) is 26.3 Å². The standard InChI is InChI=1S/C25H30N6O4S/c1-5-9-20-22-23(29-31(20)16-17-10-7-8-13-26-17)25(32)28-24(27-22)19-15-18(36(33,34)30(3)4)11-12-21(19)35-14-6-2/h7-8,10-13,15H,5-6,9,14,16H2,1-4H3,(H,27,28,32). The lowest BCUT2D eigenvalue weighted by atomic mass is 10.1. The fraction of sp³-hybridized carbons (Fsp3) is 0.360. The van der Waals surface area contributed by atoms with Gasteiger partial charge in [0.05, 0.1) is 35.0 Å². The van der Waals surface area contributed by atoms with Gasteiger partial charge in [0.25, 0.3) is 5.56 Å². The Morgan fingerprint density at radius 3 is 2.56 bits per heavy atom. The zero-order valence-corrected chi connectivity index (χ0v) is 21.7. The molecule has 0 spiro atoms. The van der Waals surface area contributed by atoms with Crippen LogP contribution < -0.4 is 10.3 Å². The van der Waals surface area contributed by atoms with Crippen molar-refractivity contribution >= 4 is 21.1 Å². The Hall–Kier alpha value is -3.57. The Morgan fingerprint density at radius 1 is 1.08 bits per heavy atom. The molecule has 0 saturated heterocycles. The quantitative estimate of drug-likeness (QED) is 0.347. The first-order chi connectivity index (χ1) is 17.3. The highest BCUT2D eigenvalue weighted by Gasteiger charge is 2.23. The molecule has 1 aromatic carbocycles. The third-order valence-corrected chi connectivity index (χ3v) is 7.48. The van der Waals surface area contributed by atoms with Gasteiger partial charge < -0.3 is 9.72 Å². The highest BCUT2D eigenvalue weighted by atomic mass is 32.2. The third-order valence-electron chi connectivity index (χ3n) is 5.67. The zero-order valence-electron chi connectivity index (χ0n) is 20.9. The normalized spacial score (nSPS) is 11.9. The molecule has 0 aliphatic heterocycles. The summed E-state index contributed by atoms with van der Waals surface area (Å²) in [6.07, 6.45) is 3.97. The van der Waals surface area contributed by atoms with Crippen LogP contribution in [-0.4, -0.2) is 58.2 Å². The fourth-order valence-electron chi connectivity index (χ4n) is 3.86. The Balaban J connectivity index is 1.91. The van der Waals surface area contributed by atoms with E-state index in [0.717, 1.165) is 28.5 Å². The maximum absolute atomic E-state index is 13.2. The topological polar surface area (TPSA) is 123 Å². The number of hydrogen-bond acceptors (Lipinski definition) is 7. The van der Waals surface area contributed by atoms with Crippen LogP contribution >= 0.6 is 0 Å². The van der Waals surface area contributed by atoms with E-state index in [1.807, 2.05) is 32.0 Å². The van der Waals surface area contributed by atoms with Gasteiger partial charge in [-0.15, -0.1) is 0 Å². The smallest absolute Gasteiger partial charge is 0.279 e. The number of pyridine rings is 1. The molecule has 4 rings (SSSR count). The van der Waals surface area contributed by atoms with Crippen LogP contribution in [0, 0.1) is 0 Å². The molecule has 0 saturated carbocycles. The van der Waals surface area contributed by atoms with Crippen LogP contribution in [0.2, 0.25) is 0 Å². The van der Waals surface area contributed by atoms with E-state index in [2.05, 4.69) is 15.1 Å². The Bertz CT molecular complexity index is 1530. The maximum atomic E-state index is 13.2. The molecule has 3 aromatic heterocycles. The van der Waals surface area contributed by atoms with Gasteiger partial charge in [-0.2, -0.15) is 5.10 Å². The summed E-state index contributed by atoms with van der Waals surface area (Å²) in [4.78, 5) is 25.2. The van der Waals surface area contributed by atoms with Crippen LogP contribution in [0.1, 0.15) is 38.1 Å². The predicted molar refractivity (Wildman–Crippen MR) is 138 cm³/mol. The van der Waals surface area contributed by atoms with Gasteiger partial charge in [0.1, 0.15) is 17.1 Å². The number of aryl methyl sites for hydroxylation is 1. The van der Waals surface area contributed by atoms with Crippen LogP contribution in [0.5, 0.6) is 5.75 Å². The van der Waals surface area contributed by atoms with Crippen LogP contribution in [0.3, 0.4) is 0 Å². The first kappa shape index (κ1) is 25.5. The predicted octanol–water partition coefficient (Wildman–Crippen LogP) is 3.22. The molecule has 0 atom stereocenters. The van der Waals surface area contributed by atoms with Crippen LogP contribution in [-0.2, 0) is 23.0 Å². The summed E-state index contributed by atoms with van der Waals surface area (Å²) in [6.45, 7) is 4.86. The number of sulfonamides is 1. The molecular weight excluding hydrogens is 480 g/mol. The summed E-state index contributed by atoms with van der Waals surface area (Å²) >= 11 is 0. The van der Waals surface area contributed by atoms with E-state index >= 15 is 0 Å². The second-order valence-corrected chi connectivity index (χ2v) is 10.7. The van der Waals surface area contributed by atoms with E-state index in [9.17, 15) is 13.2 Å². The van der Waals surface area contributed by atoms with Crippen molar-refractivity contribution in [3.63, 3.8) is 0 Å².